The van der Waals surface area contributed by atoms with E-state index < -0.39 is 0 Å². The Bertz CT molecular complexity index is 831. The monoisotopic (exact) mass is 327 g/mol. The number of rotatable bonds is 5. The van der Waals surface area contributed by atoms with Gasteiger partial charge in [0.05, 0.1) is 12.8 Å². The average Bonchev–Trinajstić information content (AvgIpc) is 3.14. The summed E-state index contributed by atoms with van der Waals surface area (Å²) in [5, 5.41) is 13.2. The van der Waals surface area contributed by atoms with Crippen LogP contribution in [0.3, 0.4) is 0 Å². The number of hydrogen-bond donors (Lipinski definition) is 2. The number of nitrogens with zero attached hydrogens (tertiary/aromatic N) is 3. The standard InChI is InChI=1S/C16H17N5O3/c1-9-14(10(2)24-21-9)15(22)18-16-17-13(19-20-16)8-11-4-6-12(23-3)7-5-11/h4-7H,8H2,1-3H3,(H2,17,18,19,20,22). The molecule has 0 saturated carbocycles. The van der Waals surface area contributed by atoms with E-state index in [0.717, 1.165) is 11.3 Å². The number of nitrogens with one attached hydrogen (secondary N) is 2. The number of hydrogen-bond acceptors (Lipinski definition) is 6. The number of carbonyl (C=O) groups is 1. The highest BCUT2D eigenvalue weighted by atomic mass is 16.5. The lowest BCUT2D eigenvalue weighted by atomic mass is 10.1. The van der Waals surface area contributed by atoms with Crippen molar-refractivity contribution < 1.29 is 14.1 Å². The van der Waals surface area contributed by atoms with Crippen LogP contribution in [-0.2, 0) is 6.42 Å². The predicted molar refractivity (Wildman–Crippen MR) is 86.1 cm³/mol. The highest BCUT2D eigenvalue weighted by Gasteiger charge is 2.19. The smallest absolute Gasteiger partial charge is 0.263 e. The SMILES string of the molecule is COc1ccc(Cc2nc(NC(=O)c3c(C)noc3C)n[nH]2)cc1. The van der Waals surface area contributed by atoms with Crippen LogP contribution in [0.15, 0.2) is 28.8 Å². The quantitative estimate of drug-likeness (QED) is 0.744. The van der Waals surface area contributed by atoms with Crippen LogP contribution in [0.4, 0.5) is 5.95 Å². The number of methoxy groups -OCH3 is 1. The van der Waals surface area contributed by atoms with Crippen molar-refractivity contribution in [3.63, 3.8) is 0 Å². The van der Waals surface area contributed by atoms with E-state index in [0.29, 0.717) is 29.3 Å². The van der Waals surface area contributed by atoms with Gasteiger partial charge in [0.25, 0.3) is 5.91 Å². The second-order valence-electron chi connectivity index (χ2n) is 5.28. The molecule has 2 heterocycles. The molecule has 1 amide bonds. The zero-order chi connectivity index (χ0) is 17.1. The molecule has 0 saturated heterocycles. The Morgan fingerprint density at radius 3 is 2.67 bits per heavy atom. The number of benzene rings is 1. The maximum Gasteiger partial charge on any atom is 0.263 e. The van der Waals surface area contributed by atoms with Gasteiger partial charge in [-0.15, -0.1) is 5.10 Å². The summed E-state index contributed by atoms with van der Waals surface area (Å²) in [6.45, 7) is 3.39. The molecule has 2 aromatic heterocycles. The van der Waals surface area contributed by atoms with Crippen molar-refractivity contribution in [3.8, 4) is 5.75 Å². The first-order valence-corrected chi connectivity index (χ1v) is 7.35. The van der Waals surface area contributed by atoms with Crippen LogP contribution in [0.5, 0.6) is 5.75 Å². The molecule has 0 atom stereocenters. The average molecular weight is 327 g/mol. The number of aryl methyl sites for hydroxylation is 2. The molecule has 0 aliphatic heterocycles. The van der Waals surface area contributed by atoms with E-state index >= 15 is 0 Å². The molecule has 0 aliphatic carbocycles. The Balaban J connectivity index is 1.68. The predicted octanol–water partition coefficient (Wildman–Crippen LogP) is 2.26. The first kappa shape index (κ1) is 15.7. The van der Waals surface area contributed by atoms with Gasteiger partial charge < -0.3 is 9.26 Å². The summed E-state index contributed by atoms with van der Waals surface area (Å²) in [6.07, 6.45) is 0.568. The fourth-order valence-corrected chi connectivity index (χ4v) is 2.34. The lowest BCUT2D eigenvalue weighted by Gasteiger charge is -2.01. The van der Waals surface area contributed by atoms with Crippen LogP contribution in [-0.4, -0.2) is 33.4 Å². The molecule has 24 heavy (non-hydrogen) atoms. The van der Waals surface area contributed by atoms with Gasteiger partial charge in [-0.05, 0) is 31.5 Å². The van der Waals surface area contributed by atoms with Gasteiger partial charge in [0, 0.05) is 6.42 Å². The number of H-pyrrole nitrogens is 1. The van der Waals surface area contributed by atoms with Crippen molar-refractivity contribution >= 4 is 11.9 Å². The Hall–Kier alpha value is -3.16. The van der Waals surface area contributed by atoms with Gasteiger partial charge in [-0.25, -0.2) is 0 Å². The summed E-state index contributed by atoms with van der Waals surface area (Å²) in [4.78, 5) is 16.5. The van der Waals surface area contributed by atoms with Crippen molar-refractivity contribution in [2.45, 2.75) is 20.3 Å². The first-order chi connectivity index (χ1) is 11.6. The molecule has 0 aliphatic rings. The van der Waals surface area contributed by atoms with Crippen molar-refractivity contribution in [1.29, 1.82) is 0 Å². The highest BCUT2D eigenvalue weighted by molar-refractivity contribution is 6.04. The van der Waals surface area contributed by atoms with Crippen molar-refractivity contribution in [3.05, 3.63) is 52.7 Å². The van der Waals surface area contributed by atoms with Gasteiger partial charge >= 0.3 is 0 Å². The second-order valence-corrected chi connectivity index (χ2v) is 5.28. The summed E-state index contributed by atoms with van der Waals surface area (Å²) in [7, 11) is 1.62. The fraction of sp³-hybridized carbons (Fsp3) is 0.250. The van der Waals surface area contributed by atoms with Crippen LogP contribution >= 0.6 is 0 Å². The summed E-state index contributed by atoms with van der Waals surface area (Å²) >= 11 is 0. The number of aromatic amines is 1. The van der Waals surface area contributed by atoms with Gasteiger partial charge in [0.1, 0.15) is 22.9 Å². The molecule has 3 rings (SSSR count). The number of ether oxygens (including phenoxy) is 1. The molecule has 124 valence electrons. The molecule has 1 aromatic carbocycles. The van der Waals surface area contributed by atoms with Crippen LogP contribution in [0.25, 0.3) is 0 Å². The third-order valence-electron chi connectivity index (χ3n) is 3.55. The molecule has 0 unspecified atom stereocenters. The first-order valence-electron chi connectivity index (χ1n) is 7.35. The zero-order valence-corrected chi connectivity index (χ0v) is 13.6. The molecular weight excluding hydrogens is 310 g/mol. The summed E-state index contributed by atoms with van der Waals surface area (Å²) in [5.41, 5.74) is 1.98. The van der Waals surface area contributed by atoms with Crippen molar-refractivity contribution in [1.82, 2.24) is 20.3 Å². The molecular formula is C16H17N5O3. The minimum atomic E-state index is -0.346. The Morgan fingerprint density at radius 2 is 2.04 bits per heavy atom. The van der Waals surface area contributed by atoms with Gasteiger partial charge in [-0.2, -0.15) is 4.98 Å². The lowest BCUT2D eigenvalue weighted by Crippen LogP contribution is -2.14. The normalized spacial score (nSPS) is 10.6. The highest BCUT2D eigenvalue weighted by Crippen LogP contribution is 2.15. The second kappa shape index (κ2) is 6.53. The minimum absolute atomic E-state index is 0.212. The van der Waals surface area contributed by atoms with Crippen LogP contribution < -0.4 is 10.1 Å². The van der Waals surface area contributed by atoms with Crippen molar-refractivity contribution in [2.75, 3.05) is 12.4 Å². The molecule has 8 nitrogen and oxygen atoms in total. The van der Waals surface area contributed by atoms with Crippen LogP contribution in [0, 0.1) is 13.8 Å². The number of aromatic nitrogens is 4. The van der Waals surface area contributed by atoms with Gasteiger partial charge in [0.2, 0.25) is 5.95 Å². The fourth-order valence-electron chi connectivity index (χ4n) is 2.34. The maximum atomic E-state index is 12.2. The minimum Gasteiger partial charge on any atom is -0.497 e. The maximum absolute atomic E-state index is 12.2. The Kier molecular flexibility index (Phi) is 4.28. The van der Waals surface area contributed by atoms with Crippen molar-refractivity contribution in [2.24, 2.45) is 0 Å². The van der Waals surface area contributed by atoms with Gasteiger partial charge in [0.15, 0.2) is 0 Å². The number of anilines is 1. The van der Waals surface area contributed by atoms with E-state index in [-0.39, 0.29) is 11.9 Å². The van der Waals surface area contributed by atoms with E-state index in [2.05, 4.69) is 25.7 Å². The third-order valence-corrected chi connectivity index (χ3v) is 3.55. The molecule has 3 aromatic rings. The van der Waals surface area contributed by atoms with E-state index in [9.17, 15) is 4.79 Å². The Morgan fingerprint density at radius 1 is 1.29 bits per heavy atom. The van der Waals surface area contributed by atoms with E-state index in [4.69, 9.17) is 9.26 Å². The molecule has 8 heteroatoms. The molecule has 0 bridgehead atoms. The van der Waals surface area contributed by atoms with Gasteiger partial charge in [-0.1, -0.05) is 17.3 Å². The summed E-state index contributed by atoms with van der Waals surface area (Å²) in [5.74, 6) is 1.77. The molecule has 0 fully saturated rings. The zero-order valence-electron chi connectivity index (χ0n) is 13.6. The largest absolute Gasteiger partial charge is 0.497 e. The molecule has 0 spiro atoms. The van der Waals surface area contributed by atoms with E-state index in [1.165, 1.54) is 0 Å². The Labute approximate surface area is 138 Å². The van der Waals surface area contributed by atoms with E-state index in [1.807, 2.05) is 24.3 Å². The summed E-state index contributed by atoms with van der Waals surface area (Å²) in [6, 6.07) is 7.66. The third kappa shape index (κ3) is 3.27. The molecule has 0 radical (unpaired) electrons. The number of carbonyl (C=O) groups excluding carboxylic acids is 1. The summed E-state index contributed by atoms with van der Waals surface area (Å²) < 4.78 is 10.1. The van der Waals surface area contributed by atoms with Crippen LogP contribution in [0.2, 0.25) is 0 Å². The van der Waals surface area contributed by atoms with Crippen LogP contribution in [0.1, 0.15) is 33.2 Å². The number of amides is 1. The topological polar surface area (TPSA) is 106 Å². The van der Waals surface area contributed by atoms with Gasteiger partial charge in [-0.3, -0.25) is 15.2 Å². The molecule has 2 N–H and O–H groups in total. The lowest BCUT2D eigenvalue weighted by molar-refractivity contribution is 0.102. The van der Waals surface area contributed by atoms with E-state index in [1.54, 1.807) is 21.0 Å².